The first kappa shape index (κ1) is 15.5. The van der Waals surface area contributed by atoms with Gasteiger partial charge in [0.25, 0.3) is 0 Å². The van der Waals surface area contributed by atoms with Crippen molar-refractivity contribution >= 4 is 0 Å². The van der Waals surface area contributed by atoms with Crippen molar-refractivity contribution in [2.24, 2.45) is 5.92 Å². The van der Waals surface area contributed by atoms with Gasteiger partial charge in [-0.15, -0.1) is 0 Å². The minimum absolute atomic E-state index is 0.114. The molecular weight excluding hydrogens is 250 g/mol. The molecule has 1 aromatic carbocycles. The highest BCUT2D eigenvalue weighted by molar-refractivity contribution is 5.24. The number of ether oxygens (including phenoxy) is 1. The van der Waals surface area contributed by atoms with Crippen LogP contribution in [-0.4, -0.2) is 42.4 Å². The summed E-state index contributed by atoms with van der Waals surface area (Å²) in [6.45, 7) is 8.35. The molecule has 3 heteroatoms. The predicted molar refractivity (Wildman–Crippen MR) is 81.8 cm³/mol. The smallest absolute Gasteiger partial charge is 0.0942 e. The Morgan fingerprint density at radius 2 is 1.95 bits per heavy atom. The molecule has 0 saturated carbocycles. The number of nitrogens with zero attached hydrogens (tertiary/aromatic N) is 1. The predicted octanol–water partition coefficient (Wildman–Crippen LogP) is 2.77. The summed E-state index contributed by atoms with van der Waals surface area (Å²) in [5.41, 5.74) is 2.22. The van der Waals surface area contributed by atoms with Crippen LogP contribution < -0.4 is 0 Å². The van der Waals surface area contributed by atoms with Crippen LogP contribution in [0.1, 0.15) is 37.5 Å². The van der Waals surface area contributed by atoms with Gasteiger partial charge in [0.15, 0.2) is 0 Å². The number of likely N-dealkylation sites (tertiary alicyclic amines) is 1. The van der Waals surface area contributed by atoms with Crippen LogP contribution in [0.3, 0.4) is 0 Å². The fraction of sp³-hybridized carbons (Fsp3) is 0.647. The molecule has 1 saturated heterocycles. The Balaban J connectivity index is 2.03. The van der Waals surface area contributed by atoms with Crippen LogP contribution in [0.2, 0.25) is 0 Å². The third kappa shape index (κ3) is 3.40. The minimum atomic E-state index is -0.443. The second-order valence-electron chi connectivity index (χ2n) is 6.13. The molecule has 4 atom stereocenters. The van der Waals surface area contributed by atoms with Crippen LogP contribution in [0.5, 0.6) is 0 Å². The highest BCUT2D eigenvalue weighted by Crippen LogP contribution is 2.26. The second-order valence-corrected chi connectivity index (χ2v) is 6.13. The van der Waals surface area contributed by atoms with Gasteiger partial charge in [0.1, 0.15) is 0 Å². The first-order valence-corrected chi connectivity index (χ1v) is 7.54. The molecule has 0 radical (unpaired) electrons. The average Bonchev–Trinajstić information content (AvgIpc) is 2.47. The molecule has 0 aliphatic carbocycles. The van der Waals surface area contributed by atoms with Crippen molar-refractivity contribution in [3.8, 4) is 0 Å². The number of aliphatic hydroxyl groups excluding tert-OH is 1. The molecule has 20 heavy (non-hydrogen) atoms. The number of aryl methyl sites for hydroxylation is 1. The number of benzene rings is 1. The van der Waals surface area contributed by atoms with Crippen LogP contribution in [0.25, 0.3) is 0 Å². The molecule has 0 amide bonds. The monoisotopic (exact) mass is 277 g/mol. The van der Waals surface area contributed by atoms with Crippen LogP contribution in [0, 0.1) is 12.8 Å². The Bertz CT molecular complexity index is 418. The molecule has 3 nitrogen and oxygen atoms in total. The van der Waals surface area contributed by atoms with E-state index >= 15 is 0 Å². The summed E-state index contributed by atoms with van der Waals surface area (Å²) in [6, 6.07) is 8.28. The van der Waals surface area contributed by atoms with Gasteiger partial charge in [-0.1, -0.05) is 36.8 Å². The molecule has 1 fully saturated rings. The van der Waals surface area contributed by atoms with E-state index in [2.05, 4.69) is 37.8 Å². The van der Waals surface area contributed by atoms with Gasteiger partial charge >= 0.3 is 0 Å². The van der Waals surface area contributed by atoms with E-state index in [1.165, 1.54) is 5.56 Å². The minimum Gasteiger partial charge on any atom is -0.387 e. The topological polar surface area (TPSA) is 32.7 Å². The van der Waals surface area contributed by atoms with Gasteiger partial charge in [-0.3, -0.25) is 4.90 Å². The highest BCUT2D eigenvalue weighted by atomic mass is 16.5. The largest absolute Gasteiger partial charge is 0.387 e. The van der Waals surface area contributed by atoms with Crippen molar-refractivity contribution in [2.45, 2.75) is 45.4 Å². The molecule has 1 aliphatic heterocycles. The number of piperidine rings is 1. The van der Waals surface area contributed by atoms with Gasteiger partial charge in [0, 0.05) is 19.7 Å². The number of hydrogen-bond donors (Lipinski definition) is 1. The molecule has 4 unspecified atom stereocenters. The molecule has 2 rings (SSSR count). The summed E-state index contributed by atoms with van der Waals surface area (Å²) in [5.74, 6) is 0.597. The number of methoxy groups -OCH3 is 1. The van der Waals surface area contributed by atoms with Gasteiger partial charge in [-0.2, -0.15) is 0 Å². The third-order valence-electron chi connectivity index (χ3n) is 4.68. The molecule has 1 heterocycles. The molecule has 112 valence electrons. The average molecular weight is 277 g/mol. The molecule has 1 N–H and O–H groups in total. The summed E-state index contributed by atoms with van der Waals surface area (Å²) in [7, 11) is 1.78. The molecule has 0 aromatic heterocycles. The zero-order valence-corrected chi connectivity index (χ0v) is 13.0. The van der Waals surface area contributed by atoms with E-state index < -0.39 is 6.10 Å². The fourth-order valence-electron chi connectivity index (χ4n) is 2.98. The lowest BCUT2D eigenvalue weighted by molar-refractivity contribution is -0.0396. The third-order valence-corrected chi connectivity index (χ3v) is 4.68. The lowest BCUT2D eigenvalue weighted by Gasteiger charge is -2.41. The summed E-state index contributed by atoms with van der Waals surface area (Å²) < 4.78 is 5.56. The SMILES string of the molecule is COC1CN(C(C)C(O)c2ccc(C)cc2)CCC1C. The first-order valence-electron chi connectivity index (χ1n) is 7.54. The molecule has 1 aromatic rings. The van der Waals surface area contributed by atoms with Crippen molar-refractivity contribution in [2.75, 3.05) is 20.2 Å². The Hall–Kier alpha value is -0.900. The lowest BCUT2D eigenvalue weighted by atomic mass is 9.93. The molecule has 0 bridgehead atoms. The maximum atomic E-state index is 10.6. The zero-order chi connectivity index (χ0) is 14.7. The lowest BCUT2D eigenvalue weighted by Crippen LogP contribution is -2.49. The first-order chi connectivity index (χ1) is 9.52. The number of aliphatic hydroxyl groups is 1. The summed E-state index contributed by atoms with van der Waals surface area (Å²) in [5, 5.41) is 10.6. The standard InChI is InChI=1S/C17H27NO2/c1-12-5-7-15(8-6-12)17(19)14(3)18-10-9-13(2)16(11-18)20-4/h5-8,13-14,16-17,19H,9-11H2,1-4H3. The van der Waals surface area contributed by atoms with Crippen LogP contribution in [0.15, 0.2) is 24.3 Å². The number of rotatable bonds is 4. The van der Waals surface area contributed by atoms with Crippen molar-refractivity contribution in [3.63, 3.8) is 0 Å². The Kier molecular flexibility index (Phi) is 5.19. The van der Waals surface area contributed by atoms with Crippen LogP contribution in [-0.2, 0) is 4.74 Å². The van der Waals surface area contributed by atoms with Gasteiger partial charge in [-0.05, 0) is 38.3 Å². The van der Waals surface area contributed by atoms with Crippen molar-refractivity contribution < 1.29 is 9.84 Å². The second kappa shape index (κ2) is 6.70. The van der Waals surface area contributed by atoms with E-state index in [9.17, 15) is 5.11 Å². The van der Waals surface area contributed by atoms with Gasteiger partial charge in [0.2, 0.25) is 0 Å². The normalized spacial score (nSPS) is 27.2. The Labute approximate surface area is 122 Å². The van der Waals surface area contributed by atoms with Crippen molar-refractivity contribution in [1.29, 1.82) is 0 Å². The van der Waals surface area contributed by atoms with Crippen molar-refractivity contribution in [3.05, 3.63) is 35.4 Å². The van der Waals surface area contributed by atoms with Gasteiger partial charge in [-0.25, -0.2) is 0 Å². The Morgan fingerprint density at radius 3 is 2.55 bits per heavy atom. The van der Waals surface area contributed by atoms with Crippen LogP contribution in [0.4, 0.5) is 0 Å². The summed E-state index contributed by atoms with van der Waals surface area (Å²) in [6.07, 6.45) is 0.960. The van der Waals surface area contributed by atoms with Crippen LogP contribution >= 0.6 is 0 Å². The van der Waals surface area contributed by atoms with E-state index in [4.69, 9.17) is 4.74 Å². The summed E-state index contributed by atoms with van der Waals surface area (Å²) in [4.78, 5) is 2.35. The van der Waals surface area contributed by atoms with E-state index in [-0.39, 0.29) is 12.1 Å². The fourth-order valence-corrected chi connectivity index (χ4v) is 2.98. The van der Waals surface area contributed by atoms with Gasteiger partial charge < -0.3 is 9.84 Å². The molecular formula is C17H27NO2. The van der Waals surface area contributed by atoms with Gasteiger partial charge in [0.05, 0.1) is 12.2 Å². The van der Waals surface area contributed by atoms with Crippen molar-refractivity contribution in [1.82, 2.24) is 4.90 Å². The molecule has 0 spiro atoms. The maximum absolute atomic E-state index is 10.6. The number of hydrogen-bond acceptors (Lipinski definition) is 3. The summed E-state index contributed by atoms with van der Waals surface area (Å²) >= 11 is 0. The van der Waals surface area contributed by atoms with E-state index in [1.54, 1.807) is 7.11 Å². The van der Waals surface area contributed by atoms with E-state index in [0.717, 1.165) is 25.1 Å². The van der Waals surface area contributed by atoms with E-state index in [0.29, 0.717) is 5.92 Å². The van der Waals surface area contributed by atoms with E-state index in [1.807, 2.05) is 12.1 Å². The maximum Gasteiger partial charge on any atom is 0.0942 e. The molecule has 1 aliphatic rings. The Morgan fingerprint density at radius 1 is 1.30 bits per heavy atom. The zero-order valence-electron chi connectivity index (χ0n) is 13.0. The highest BCUT2D eigenvalue weighted by Gasteiger charge is 2.31. The quantitative estimate of drug-likeness (QED) is 0.918.